The molecule has 3 heterocycles. The maximum Gasteiger partial charge on any atom is 0.416 e. The molecule has 5 nitrogen and oxygen atoms in total. The Kier molecular flexibility index (Phi) is 5.03. The molecule has 0 bridgehead atoms. The minimum absolute atomic E-state index is 0.294. The predicted molar refractivity (Wildman–Crippen MR) is 99.5 cm³/mol. The molecule has 28 heavy (non-hydrogen) atoms. The number of hydrogen-bond donors (Lipinski definition) is 0. The zero-order chi connectivity index (χ0) is 19.7. The first kappa shape index (κ1) is 18.8. The van der Waals surface area contributed by atoms with E-state index in [2.05, 4.69) is 4.99 Å². The number of amides is 1. The second-order valence-electron chi connectivity index (χ2n) is 6.19. The lowest BCUT2D eigenvalue weighted by Crippen LogP contribution is -2.38. The number of benzene rings is 1. The van der Waals surface area contributed by atoms with Gasteiger partial charge in [0.2, 0.25) is 0 Å². The Morgan fingerprint density at radius 3 is 2.68 bits per heavy atom. The normalized spacial score (nSPS) is 19.4. The highest BCUT2D eigenvalue weighted by Gasteiger charge is 2.31. The van der Waals surface area contributed by atoms with Crippen molar-refractivity contribution in [1.82, 2.24) is 4.90 Å². The van der Waals surface area contributed by atoms with E-state index in [1.165, 1.54) is 17.8 Å². The highest BCUT2D eigenvalue weighted by atomic mass is 32.2. The lowest BCUT2D eigenvalue weighted by molar-refractivity contribution is -0.137. The van der Waals surface area contributed by atoms with Crippen molar-refractivity contribution in [2.24, 2.45) is 4.99 Å². The van der Waals surface area contributed by atoms with Crippen LogP contribution < -0.4 is 0 Å². The molecule has 0 atom stereocenters. The molecule has 1 aromatic carbocycles. The predicted octanol–water partition coefficient (Wildman–Crippen LogP) is 4.27. The second-order valence-corrected chi connectivity index (χ2v) is 7.20. The molecule has 0 unspecified atom stereocenters. The molecule has 4 rings (SSSR count). The van der Waals surface area contributed by atoms with Crippen LogP contribution in [-0.4, -0.2) is 42.3 Å². The van der Waals surface area contributed by atoms with Crippen LogP contribution in [0.2, 0.25) is 0 Å². The van der Waals surface area contributed by atoms with E-state index in [1.54, 1.807) is 24.3 Å². The van der Waals surface area contributed by atoms with E-state index in [0.29, 0.717) is 53.5 Å². The van der Waals surface area contributed by atoms with Gasteiger partial charge in [0, 0.05) is 24.7 Å². The molecule has 1 fully saturated rings. The minimum Gasteiger partial charge on any atom is -0.457 e. The molecule has 1 saturated heterocycles. The summed E-state index contributed by atoms with van der Waals surface area (Å²) in [7, 11) is 0. The largest absolute Gasteiger partial charge is 0.457 e. The Balaban J connectivity index is 1.52. The van der Waals surface area contributed by atoms with Gasteiger partial charge in [-0.15, -0.1) is 0 Å². The molecular formula is C19H15F3N2O3S. The Morgan fingerprint density at radius 1 is 1.14 bits per heavy atom. The van der Waals surface area contributed by atoms with Crippen LogP contribution in [-0.2, 0) is 15.7 Å². The van der Waals surface area contributed by atoms with Crippen molar-refractivity contribution in [3.63, 3.8) is 0 Å². The number of carbonyl (C=O) groups is 1. The summed E-state index contributed by atoms with van der Waals surface area (Å²) in [6, 6.07) is 8.11. The average molecular weight is 408 g/mol. The van der Waals surface area contributed by atoms with Crippen LogP contribution in [0.5, 0.6) is 0 Å². The van der Waals surface area contributed by atoms with Gasteiger partial charge in [-0.05, 0) is 36.0 Å². The van der Waals surface area contributed by atoms with E-state index >= 15 is 0 Å². The molecule has 0 N–H and O–H groups in total. The van der Waals surface area contributed by atoms with E-state index in [-0.39, 0.29) is 5.91 Å². The molecule has 1 aromatic heterocycles. The van der Waals surface area contributed by atoms with Crippen molar-refractivity contribution in [2.75, 3.05) is 26.3 Å². The topological polar surface area (TPSA) is 55.0 Å². The number of carbonyl (C=O) groups excluding carboxylic acids is 1. The molecule has 0 spiro atoms. The van der Waals surface area contributed by atoms with Crippen LogP contribution in [0.4, 0.5) is 13.2 Å². The summed E-state index contributed by atoms with van der Waals surface area (Å²) in [4.78, 5) is 18.6. The highest BCUT2D eigenvalue weighted by molar-refractivity contribution is 8.18. The number of morpholine rings is 1. The number of aliphatic imine (C=N–C) groups is 1. The monoisotopic (exact) mass is 408 g/mol. The number of ether oxygens (including phenoxy) is 1. The lowest BCUT2D eigenvalue weighted by Gasteiger charge is -2.27. The fourth-order valence-electron chi connectivity index (χ4n) is 2.85. The van der Waals surface area contributed by atoms with Gasteiger partial charge in [-0.25, -0.2) is 0 Å². The second kappa shape index (κ2) is 7.48. The fourth-order valence-corrected chi connectivity index (χ4v) is 3.80. The van der Waals surface area contributed by atoms with Gasteiger partial charge < -0.3 is 14.1 Å². The first-order valence-corrected chi connectivity index (χ1v) is 9.34. The third-order valence-electron chi connectivity index (χ3n) is 4.27. The third kappa shape index (κ3) is 4.00. The van der Waals surface area contributed by atoms with Crippen LogP contribution in [0.1, 0.15) is 11.3 Å². The number of halogens is 3. The molecule has 146 valence electrons. The van der Waals surface area contributed by atoms with E-state index in [1.807, 2.05) is 4.90 Å². The number of rotatable bonds is 2. The van der Waals surface area contributed by atoms with Crippen LogP contribution in [0.15, 0.2) is 50.7 Å². The van der Waals surface area contributed by atoms with Crippen LogP contribution in [0.3, 0.4) is 0 Å². The van der Waals surface area contributed by atoms with Crippen molar-refractivity contribution >= 4 is 28.9 Å². The van der Waals surface area contributed by atoms with Crippen LogP contribution in [0, 0.1) is 0 Å². The Labute approximate surface area is 162 Å². The van der Waals surface area contributed by atoms with Crippen molar-refractivity contribution in [1.29, 1.82) is 0 Å². The first-order chi connectivity index (χ1) is 13.4. The van der Waals surface area contributed by atoms with Gasteiger partial charge >= 0.3 is 6.18 Å². The van der Waals surface area contributed by atoms with Gasteiger partial charge in [0.25, 0.3) is 5.91 Å². The summed E-state index contributed by atoms with van der Waals surface area (Å²) in [6.07, 6.45) is -2.87. The van der Waals surface area contributed by atoms with Gasteiger partial charge in [0.05, 0.1) is 23.7 Å². The van der Waals surface area contributed by atoms with Gasteiger partial charge in [0.1, 0.15) is 11.5 Å². The molecule has 2 aliphatic rings. The van der Waals surface area contributed by atoms with Crippen molar-refractivity contribution in [3.05, 3.63) is 52.6 Å². The number of amidine groups is 1. The van der Waals surface area contributed by atoms with Gasteiger partial charge in [-0.3, -0.25) is 4.79 Å². The molecule has 2 aliphatic heterocycles. The Morgan fingerprint density at radius 2 is 1.93 bits per heavy atom. The van der Waals surface area contributed by atoms with E-state index < -0.39 is 11.7 Å². The number of alkyl halides is 3. The molecule has 0 saturated carbocycles. The standard InChI is InChI=1S/C19H15F3N2O3S/c20-19(21,22)13-3-1-2-12(10-13)15-5-4-14(27-15)11-16-17(25)23-18(28-16)24-6-8-26-9-7-24/h1-5,10-11H,6-9H2/b16-11-. The zero-order valence-corrected chi connectivity index (χ0v) is 15.3. The zero-order valence-electron chi connectivity index (χ0n) is 14.5. The Hall–Kier alpha value is -2.52. The van der Waals surface area contributed by atoms with E-state index in [9.17, 15) is 18.0 Å². The summed E-state index contributed by atoms with van der Waals surface area (Å²) in [6.45, 7) is 2.52. The lowest BCUT2D eigenvalue weighted by atomic mass is 10.1. The molecule has 2 aromatic rings. The summed E-state index contributed by atoms with van der Waals surface area (Å²) in [5.74, 6) is 0.313. The van der Waals surface area contributed by atoms with E-state index in [4.69, 9.17) is 9.15 Å². The molecule has 0 radical (unpaired) electrons. The van der Waals surface area contributed by atoms with Crippen molar-refractivity contribution in [3.8, 4) is 11.3 Å². The molecule has 1 amide bonds. The number of hydrogen-bond acceptors (Lipinski definition) is 5. The third-order valence-corrected chi connectivity index (χ3v) is 5.31. The summed E-state index contributed by atoms with van der Waals surface area (Å²) < 4.78 is 49.6. The van der Waals surface area contributed by atoms with E-state index in [0.717, 1.165) is 12.1 Å². The summed E-state index contributed by atoms with van der Waals surface area (Å²) >= 11 is 1.25. The number of nitrogens with zero attached hydrogens (tertiary/aromatic N) is 2. The fraction of sp³-hybridized carbons (Fsp3) is 0.263. The molecule has 0 aliphatic carbocycles. The summed E-state index contributed by atoms with van der Waals surface area (Å²) in [5, 5.41) is 0.629. The number of thioether (sulfide) groups is 1. The van der Waals surface area contributed by atoms with Crippen molar-refractivity contribution < 1.29 is 27.1 Å². The molecular weight excluding hydrogens is 393 g/mol. The maximum atomic E-state index is 12.9. The van der Waals surface area contributed by atoms with Crippen LogP contribution >= 0.6 is 11.8 Å². The van der Waals surface area contributed by atoms with Gasteiger partial charge in [-0.2, -0.15) is 18.2 Å². The maximum absolute atomic E-state index is 12.9. The van der Waals surface area contributed by atoms with Gasteiger partial charge in [-0.1, -0.05) is 12.1 Å². The highest BCUT2D eigenvalue weighted by Crippen LogP contribution is 2.34. The smallest absolute Gasteiger partial charge is 0.416 e. The Bertz CT molecular complexity index is 959. The van der Waals surface area contributed by atoms with Crippen LogP contribution in [0.25, 0.3) is 17.4 Å². The average Bonchev–Trinajstić information content (AvgIpc) is 3.29. The van der Waals surface area contributed by atoms with Gasteiger partial charge in [0.15, 0.2) is 5.17 Å². The summed E-state index contributed by atoms with van der Waals surface area (Å²) in [5.41, 5.74) is -0.429. The quantitative estimate of drug-likeness (QED) is 0.695. The minimum atomic E-state index is -4.42. The van der Waals surface area contributed by atoms with Crippen molar-refractivity contribution in [2.45, 2.75) is 6.18 Å². The first-order valence-electron chi connectivity index (χ1n) is 8.53. The SMILES string of the molecule is O=C1N=C(N2CCOCC2)S/C1=C\c1ccc(-c2cccc(C(F)(F)F)c2)o1. The number of furan rings is 1. The molecule has 9 heteroatoms.